The van der Waals surface area contributed by atoms with E-state index in [0.29, 0.717) is 26.2 Å². The van der Waals surface area contributed by atoms with Crippen LogP contribution in [-0.4, -0.2) is 48.1 Å². The van der Waals surface area contributed by atoms with E-state index in [9.17, 15) is 9.59 Å². The van der Waals surface area contributed by atoms with Gasteiger partial charge in [0, 0.05) is 37.8 Å². The van der Waals surface area contributed by atoms with Gasteiger partial charge in [0.25, 0.3) is 0 Å². The first-order valence-corrected chi connectivity index (χ1v) is 9.54. The summed E-state index contributed by atoms with van der Waals surface area (Å²) in [4.78, 5) is 26.5. The minimum atomic E-state index is -0.439. The van der Waals surface area contributed by atoms with Gasteiger partial charge in [-0.25, -0.2) is 0 Å². The van der Waals surface area contributed by atoms with Gasteiger partial charge < -0.3 is 19.7 Å². The highest BCUT2D eigenvalue weighted by Gasteiger charge is 2.43. The minimum Gasteiger partial charge on any atom is -0.487 e. The molecule has 2 atom stereocenters. The Morgan fingerprint density at radius 2 is 2.08 bits per heavy atom. The fraction of sp³-hybridized carbons (Fsp3) is 0.600. The van der Waals surface area contributed by atoms with Gasteiger partial charge in [-0.2, -0.15) is 0 Å². The van der Waals surface area contributed by atoms with E-state index in [1.807, 2.05) is 31.2 Å². The number of carbonyl (C=O) groups excluding carboxylic acids is 2. The third-order valence-corrected chi connectivity index (χ3v) is 5.87. The zero-order chi connectivity index (χ0) is 18.1. The van der Waals surface area contributed by atoms with Crippen LogP contribution in [0, 0.1) is 0 Å². The first kappa shape index (κ1) is 17.3. The highest BCUT2D eigenvalue weighted by atomic mass is 16.5. The maximum Gasteiger partial charge on any atom is 0.243 e. The predicted molar refractivity (Wildman–Crippen MR) is 95.8 cm³/mol. The summed E-state index contributed by atoms with van der Waals surface area (Å²) < 4.78 is 11.9. The normalized spacial score (nSPS) is 25.5. The van der Waals surface area contributed by atoms with Gasteiger partial charge in [-0.1, -0.05) is 18.2 Å². The van der Waals surface area contributed by atoms with Gasteiger partial charge in [-0.15, -0.1) is 0 Å². The summed E-state index contributed by atoms with van der Waals surface area (Å²) in [5.74, 6) is 0.820. The van der Waals surface area contributed by atoms with Crippen molar-refractivity contribution in [3.63, 3.8) is 0 Å². The molecule has 1 aromatic rings. The van der Waals surface area contributed by atoms with E-state index in [-0.39, 0.29) is 23.5 Å². The Labute approximate surface area is 153 Å². The molecule has 4 rings (SSSR count). The molecule has 1 spiro atoms. The lowest BCUT2D eigenvalue weighted by Gasteiger charge is -2.44. The van der Waals surface area contributed by atoms with E-state index in [0.717, 1.165) is 37.0 Å². The number of hydrogen-bond acceptors (Lipinski definition) is 4. The molecule has 3 heterocycles. The predicted octanol–water partition coefficient (Wildman–Crippen LogP) is 2.19. The van der Waals surface area contributed by atoms with Crippen LogP contribution in [0.5, 0.6) is 5.75 Å². The SMILES string of the molecule is C[C@H](C(=O)N[C@@H]1CC2(CCOCC2)Oc2ccccc21)N1CCCC1=O. The quantitative estimate of drug-likeness (QED) is 0.899. The number of amides is 2. The van der Waals surface area contributed by atoms with Gasteiger partial charge in [0.2, 0.25) is 11.8 Å². The van der Waals surface area contributed by atoms with Crippen LogP contribution < -0.4 is 10.1 Å². The highest BCUT2D eigenvalue weighted by molar-refractivity contribution is 5.88. The topological polar surface area (TPSA) is 67.9 Å². The van der Waals surface area contributed by atoms with Crippen LogP contribution >= 0.6 is 0 Å². The molecular formula is C20H26N2O4. The number of fused-ring (bicyclic) bond motifs is 1. The number of ether oxygens (including phenoxy) is 2. The second-order valence-electron chi connectivity index (χ2n) is 7.57. The molecule has 0 aromatic heterocycles. The molecule has 1 N–H and O–H groups in total. The molecule has 0 radical (unpaired) electrons. The highest BCUT2D eigenvalue weighted by Crippen LogP contribution is 2.43. The van der Waals surface area contributed by atoms with E-state index >= 15 is 0 Å². The lowest BCUT2D eigenvalue weighted by Crippen LogP contribution is -2.51. The third-order valence-electron chi connectivity index (χ3n) is 5.87. The lowest BCUT2D eigenvalue weighted by molar-refractivity contribution is -0.137. The van der Waals surface area contributed by atoms with Crippen LogP contribution in [-0.2, 0) is 14.3 Å². The van der Waals surface area contributed by atoms with Crippen molar-refractivity contribution in [1.29, 1.82) is 0 Å². The Kier molecular flexibility index (Phi) is 4.61. The molecular weight excluding hydrogens is 332 g/mol. The van der Waals surface area contributed by atoms with Gasteiger partial charge in [-0.3, -0.25) is 9.59 Å². The molecule has 26 heavy (non-hydrogen) atoms. The molecule has 0 aliphatic carbocycles. The zero-order valence-corrected chi connectivity index (χ0v) is 15.2. The van der Waals surface area contributed by atoms with E-state index < -0.39 is 6.04 Å². The molecule has 0 saturated carbocycles. The number of nitrogens with zero attached hydrogens (tertiary/aromatic N) is 1. The maximum absolute atomic E-state index is 12.9. The van der Waals surface area contributed by atoms with Crippen LogP contribution in [0.1, 0.15) is 50.6 Å². The van der Waals surface area contributed by atoms with Gasteiger partial charge >= 0.3 is 0 Å². The van der Waals surface area contributed by atoms with Crippen molar-refractivity contribution < 1.29 is 19.1 Å². The maximum atomic E-state index is 12.9. The lowest BCUT2D eigenvalue weighted by atomic mass is 9.82. The monoisotopic (exact) mass is 358 g/mol. The van der Waals surface area contributed by atoms with Crippen molar-refractivity contribution >= 4 is 11.8 Å². The fourth-order valence-electron chi connectivity index (χ4n) is 4.31. The standard InChI is InChI=1S/C20H26N2O4/c1-14(22-10-4-7-18(22)23)19(24)21-16-13-20(8-11-25-12-9-20)26-17-6-3-2-5-15(16)17/h2-3,5-6,14,16H,4,7-13H2,1H3,(H,21,24)/t14-,16-/m1/s1. The Bertz CT molecular complexity index is 699. The molecule has 3 aliphatic rings. The zero-order valence-electron chi connectivity index (χ0n) is 15.2. The molecule has 0 bridgehead atoms. The molecule has 2 amide bonds. The molecule has 1 aromatic carbocycles. The largest absolute Gasteiger partial charge is 0.487 e. The molecule has 3 aliphatic heterocycles. The third kappa shape index (κ3) is 3.18. The van der Waals surface area contributed by atoms with Crippen molar-refractivity contribution in [2.45, 2.75) is 56.7 Å². The number of likely N-dealkylation sites (tertiary alicyclic amines) is 1. The first-order chi connectivity index (χ1) is 12.6. The number of hydrogen-bond donors (Lipinski definition) is 1. The summed E-state index contributed by atoms with van der Waals surface area (Å²) in [5.41, 5.74) is 0.731. The first-order valence-electron chi connectivity index (χ1n) is 9.54. The average molecular weight is 358 g/mol. The molecule has 140 valence electrons. The number of carbonyl (C=O) groups is 2. The second kappa shape index (κ2) is 6.91. The summed E-state index contributed by atoms with van der Waals surface area (Å²) in [6, 6.07) is 7.37. The van der Waals surface area contributed by atoms with Crippen molar-refractivity contribution in [2.24, 2.45) is 0 Å². The van der Waals surface area contributed by atoms with Gasteiger partial charge in [-0.05, 0) is 19.4 Å². The van der Waals surface area contributed by atoms with E-state index in [4.69, 9.17) is 9.47 Å². The Balaban J connectivity index is 1.54. The number of benzene rings is 1. The van der Waals surface area contributed by atoms with Crippen molar-refractivity contribution in [3.05, 3.63) is 29.8 Å². The molecule has 2 saturated heterocycles. The van der Waals surface area contributed by atoms with Crippen LogP contribution in [0.25, 0.3) is 0 Å². The smallest absolute Gasteiger partial charge is 0.243 e. The molecule has 2 fully saturated rings. The van der Waals surface area contributed by atoms with E-state index in [1.54, 1.807) is 4.90 Å². The van der Waals surface area contributed by atoms with Gasteiger partial charge in [0.15, 0.2) is 0 Å². The summed E-state index contributed by atoms with van der Waals surface area (Å²) >= 11 is 0. The van der Waals surface area contributed by atoms with E-state index in [1.165, 1.54) is 0 Å². The summed E-state index contributed by atoms with van der Waals surface area (Å²) in [7, 11) is 0. The fourth-order valence-corrected chi connectivity index (χ4v) is 4.31. The Morgan fingerprint density at radius 1 is 1.31 bits per heavy atom. The van der Waals surface area contributed by atoms with E-state index in [2.05, 4.69) is 5.32 Å². The summed E-state index contributed by atoms with van der Waals surface area (Å²) in [6.45, 7) is 3.84. The number of para-hydroxylation sites is 1. The van der Waals surface area contributed by atoms with Gasteiger partial charge in [0.1, 0.15) is 17.4 Å². The van der Waals surface area contributed by atoms with Crippen molar-refractivity contribution in [2.75, 3.05) is 19.8 Å². The Morgan fingerprint density at radius 3 is 2.81 bits per heavy atom. The van der Waals surface area contributed by atoms with Crippen LogP contribution in [0.2, 0.25) is 0 Å². The van der Waals surface area contributed by atoms with Crippen LogP contribution in [0.4, 0.5) is 0 Å². The summed E-state index contributed by atoms with van der Waals surface area (Å²) in [5, 5.41) is 3.19. The number of nitrogens with one attached hydrogen (secondary N) is 1. The average Bonchev–Trinajstić information content (AvgIpc) is 3.07. The Hall–Kier alpha value is -2.08. The molecule has 6 heteroatoms. The van der Waals surface area contributed by atoms with Gasteiger partial charge in [0.05, 0.1) is 19.3 Å². The molecule has 0 unspecified atom stereocenters. The van der Waals surface area contributed by atoms with Crippen molar-refractivity contribution in [1.82, 2.24) is 10.2 Å². The van der Waals surface area contributed by atoms with Crippen molar-refractivity contribution in [3.8, 4) is 5.75 Å². The van der Waals surface area contributed by atoms with Crippen LogP contribution in [0.3, 0.4) is 0 Å². The summed E-state index contributed by atoms with van der Waals surface area (Å²) in [6.07, 6.45) is 3.77. The van der Waals surface area contributed by atoms with Crippen LogP contribution in [0.15, 0.2) is 24.3 Å². The number of rotatable bonds is 3. The minimum absolute atomic E-state index is 0.0703. The second-order valence-corrected chi connectivity index (χ2v) is 7.57. The molecule has 6 nitrogen and oxygen atoms in total.